The summed E-state index contributed by atoms with van der Waals surface area (Å²) in [7, 11) is -2.02. The third kappa shape index (κ3) is 11.7. The standard InChI is InChI=1S/C48H49N6O17P/c1-29(55)67-42-38(70-45(43(42)68-30(2)56)54-25-21-40(58)52-47(54)60)28-66-72(61,65-26-8-22-49)71-41-36(19-23-50)44(53-24-20-39(57)51-46(53)59)69-37(41)27-64-48(31-9-6-5-7-10-31,32-11-15-34(62-3)16-12-32)33-13-17-35(63-4)18-14-33/h5-7,9-18,20-21,24-25,36-38,41-45H,8,19,26-28H2,1-4H3,(H,51,57,59)(H,52,58,60)/t36-,37-,38-,41+,42-,43-,44-,45-,72?/m1/s1. The lowest BCUT2D eigenvalue weighted by atomic mass is 9.80. The number of hydrogen-bond donors (Lipinski definition) is 2. The maximum atomic E-state index is 15.2. The summed E-state index contributed by atoms with van der Waals surface area (Å²) >= 11 is 0. The summed E-state index contributed by atoms with van der Waals surface area (Å²) in [6.07, 6.45) is -8.92. The number of phosphoric ester groups is 1. The van der Waals surface area contributed by atoms with E-state index in [0.717, 1.165) is 47.5 Å². The second-order valence-electron chi connectivity index (χ2n) is 16.2. The number of methoxy groups -OCH3 is 2. The van der Waals surface area contributed by atoms with E-state index in [0.29, 0.717) is 28.2 Å². The van der Waals surface area contributed by atoms with E-state index in [1.807, 2.05) is 60.7 Å². The molecule has 7 rings (SSSR count). The number of esters is 2. The highest BCUT2D eigenvalue weighted by Crippen LogP contribution is 2.56. The number of carbonyl (C=O) groups is 2. The summed E-state index contributed by atoms with van der Waals surface area (Å²) in [6, 6.07) is 29.4. The molecule has 2 aromatic heterocycles. The summed E-state index contributed by atoms with van der Waals surface area (Å²) in [5.74, 6) is -1.85. The molecule has 2 aliphatic rings. The minimum absolute atomic E-state index is 0.327. The van der Waals surface area contributed by atoms with Crippen LogP contribution in [-0.4, -0.2) is 95.6 Å². The van der Waals surface area contributed by atoms with Crippen LogP contribution in [0.3, 0.4) is 0 Å². The van der Waals surface area contributed by atoms with Crippen molar-refractivity contribution in [1.29, 1.82) is 10.5 Å². The van der Waals surface area contributed by atoms with E-state index in [-0.39, 0.29) is 6.42 Å². The van der Waals surface area contributed by atoms with Crippen molar-refractivity contribution < 1.29 is 60.9 Å². The monoisotopic (exact) mass is 1010 g/mol. The first-order valence-electron chi connectivity index (χ1n) is 22.2. The molecule has 23 nitrogen and oxygen atoms in total. The first kappa shape index (κ1) is 52.4. The molecule has 0 saturated carbocycles. The number of phosphoric acid groups is 1. The van der Waals surface area contributed by atoms with Crippen molar-refractivity contribution in [2.45, 2.75) is 75.3 Å². The van der Waals surface area contributed by atoms with E-state index >= 15 is 4.57 Å². The van der Waals surface area contributed by atoms with E-state index in [1.165, 1.54) is 14.2 Å². The van der Waals surface area contributed by atoms with Crippen LogP contribution in [0.5, 0.6) is 11.5 Å². The van der Waals surface area contributed by atoms with Gasteiger partial charge in [0.05, 0.1) is 52.6 Å². The molecule has 0 amide bonds. The van der Waals surface area contributed by atoms with Gasteiger partial charge in [-0.2, -0.15) is 10.5 Å². The molecule has 0 radical (unpaired) electrons. The summed E-state index contributed by atoms with van der Waals surface area (Å²) in [5.41, 5.74) is -2.98. The van der Waals surface area contributed by atoms with Crippen LogP contribution in [0.1, 0.15) is 55.8 Å². The Balaban J connectivity index is 1.31. The molecule has 9 atom stereocenters. The predicted octanol–water partition coefficient (Wildman–Crippen LogP) is 3.74. The summed E-state index contributed by atoms with van der Waals surface area (Å²) in [6.45, 7) is 0.302. The van der Waals surface area contributed by atoms with Gasteiger partial charge in [-0.1, -0.05) is 54.6 Å². The Morgan fingerprint density at radius 3 is 1.69 bits per heavy atom. The van der Waals surface area contributed by atoms with Crippen LogP contribution in [0.4, 0.5) is 0 Å². The van der Waals surface area contributed by atoms with Gasteiger partial charge in [0.2, 0.25) is 0 Å². The molecule has 2 fully saturated rings. The van der Waals surface area contributed by atoms with Crippen molar-refractivity contribution in [3.63, 3.8) is 0 Å². The second kappa shape index (κ2) is 23.2. The Kier molecular flexibility index (Phi) is 16.9. The Hall–Kier alpha value is -7.47. The molecule has 1 unspecified atom stereocenters. The fourth-order valence-corrected chi connectivity index (χ4v) is 9.97. The molecule has 24 heteroatoms. The van der Waals surface area contributed by atoms with Gasteiger partial charge in [-0.25, -0.2) is 14.2 Å². The van der Waals surface area contributed by atoms with Gasteiger partial charge < -0.3 is 33.2 Å². The van der Waals surface area contributed by atoms with Gasteiger partial charge in [0.1, 0.15) is 41.6 Å². The minimum atomic E-state index is -5.07. The van der Waals surface area contributed by atoms with Gasteiger partial charge >= 0.3 is 31.1 Å². The molecule has 4 heterocycles. The van der Waals surface area contributed by atoms with Crippen molar-refractivity contribution in [2.24, 2.45) is 5.92 Å². The van der Waals surface area contributed by atoms with Crippen molar-refractivity contribution in [3.05, 3.63) is 162 Å². The molecule has 3 aromatic carbocycles. The van der Waals surface area contributed by atoms with Gasteiger partial charge in [0.25, 0.3) is 11.1 Å². The lowest BCUT2D eigenvalue weighted by Gasteiger charge is -2.37. The number of aromatic amines is 2. The molecule has 2 aliphatic heterocycles. The van der Waals surface area contributed by atoms with E-state index in [2.05, 4.69) is 16.0 Å². The highest BCUT2D eigenvalue weighted by molar-refractivity contribution is 7.48. The van der Waals surface area contributed by atoms with E-state index < -0.39 is 123 Å². The molecule has 5 aromatic rings. The molecule has 378 valence electrons. The zero-order chi connectivity index (χ0) is 51.6. The maximum absolute atomic E-state index is 15.2. The Labute approximate surface area is 409 Å². The Bertz CT molecular complexity index is 3030. The SMILES string of the molecule is COc1ccc(C(OC[C@H]2O[C@@H](n3ccc(=O)[nH]c3=O)[C@H](CC#N)[C@@H]2OP(=O)(OCCC#N)OC[C@H]2O[C@@H](n3ccc(=O)[nH]c3=O)[C@H](OC(C)=O)[C@@H]2OC(C)=O)(c2ccccc2)c2ccc(OC)cc2)cc1. The van der Waals surface area contributed by atoms with Gasteiger partial charge in [-0.05, 0) is 41.0 Å². The first-order chi connectivity index (χ1) is 34.6. The van der Waals surface area contributed by atoms with Crippen LogP contribution in [-0.2, 0) is 57.0 Å². The third-order valence-corrected chi connectivity index (χ3v) is 13.2. The number of ether oxygens (including phenoxy) is 7. The quantitative estimate of drug-likeness (QED) is 0.0458. The Morgan fingerprint density at radius 2 is 1.18 bits per heavy atom. The average molecular weight is 1010 g/mol. The number of nitrogens with one attached hydrogen (secondary N) is 2. The lowest BCUT2D eigenvalue weighted by Crippen LogP contribution is -2.42. The normalized spacial score (nSPS) is 22.5. The minimum Gasteiger partial charge on any atom is -0.497 e. The van der Waals surface area contributed by atoms with E-state index in [1.54, 1.807) is 24.3 Å². The number of nitriles is 2. The van der Waals surface area contributed by atoms with Crippen LogP contribution in [0.2, 0.25) is 0 Å². The lowest BCUT2D eigenvalue weighted by molar-refractivity contribution is -0.165. The molecular weight excluding hydrogens is 964 g/mol. The fourth-order valence-electron chi connectivity index (χ4n) is 8.54. The van der Waals surface area contributed by atoms with Gasteiger partial charge in [0.15, 0.2) is 18.4 Å². The number of carbonyl (C=O) groups excluding carboxylic acids is 2. The third-order valence-electron chi connectivity index (χ3n) is 11.7. The smallest absolute Gasteiger partial charge is 0.475 e. The number of hydrogen-bond acceptors (Lipinski definition) is 19. The molecule has 2 saturated heterocycles. The van der Waals surface area contributed by atoms with Crippen molar-refractivity contribution >= 4 is 19.8 Å². The van der Waals surface area contributed by atoms with Crippen molar-refractivity contribution in [3.8, 4) is 23.6 Å². The molecule has 2 N–H and O–H groups in total. The molecular formula is C48H49N6O17P. The predicted molar refractivity (Wildman–Crippen MR) is 248 cm³/mol. The van der Waals surface area contributed by atoms with Crippen LogP contribution in [0.25, 0.3) is 0 Å². The summed E-state index contributed by atoms with van der Waals surface area (Å²) < 4.78 is 77.0. The molecule has 72 heavy (non-hydrogen) atoms. The second-order valence-corrected chi connectivity index (χ2v) is 17.8. The van der Waals surface area contributed by atoms with Gasteiger partial charge in [0, 0.05) is 50.7 Å². The highest BCUT2D eigenvalue weighted by Gasteiger charge is 2.54. The Morgan fingerprint density at radius 1 is 0.667 bits per heavy atom. The van der Waals surface area contributed by atoms with Crippen LogP contribution < -0.4 is 32.0 Å². The molecule has 0 bridgehead atoms. The van der Waals surface area contributed by atoms with E-state index in [4.69, 9.17) is 46.7 Å². The van der Waals surface area contributed by atoms with E-state index in [9.17, 15) is 39.3 Å². The number of nitrogens with zero attached hydrogens (tertiary/aromatic N) is 4. The number of rotatable bonds is 21. The average Bonchev–Trinajstić information content (AvgIpc) is 3.86. The van der Waals surface area contributed by atoms with Gasteiger partial charge in [-0.3, -0.25) is 51.9 Å². The first-order valence-corrected chi connectivity index (χ1v) is 23.7. The highest BCUT2D eigenvalue weighted by atomic mass is 31.2. The molecule has 0 spiro atoms. The topological polar surface area (TPSA) is 301 Å². The zero-order valence-electron chi connectivity index (χ0n) is 39.1. The fraction of sp³-hybridized carbons (Fsp3) is 0.375. The number of aromatic nitrogens is 4. The number of H-pyrrole nitrogens is 2. The van der Waals surface area contributed by atoms with Gasteiger partial charge in [-0.15, -0.1) is 0 Å². The van der Waals surface area contributed by atoms with Crippen molar-refractivity contribution in [1.82, 2.24) is 19.1 Å². The summed E-state index contributed by atoms with van der Waals surface area (Å²) in [5, 5.41) is 19.8. The maximum Gasteiger partial charge on any atom is 0.475 e. The number of benzene rings is 3. The van der Waals surface area contributed by atoms with Crippen LogP contribution in [0.15, 0.2) is 123 Å². The van der Waals surface area contributed by atoms with Crippen LogP contribution >= 0.6 is 7.82 Å². The summed E-state index contributed by atoms with van der Waals surface area (Å²) in [4.78, 5) is 79.8. The van der Waals surface area contributed by atoms with Crippen molar-refractivity contribution in [2.75, 3.05) is 34.0 Å². The molecule has 0 aliphatic carbocycles. The van der Waals surface area contributed by atoms with Crippen LogP contribution in [0, 0.1) is 28.6 Å². The largest absolute Gasteiger partial charge is 0.497 e. The zero-order valence-corrected chi connectivity index (χ0v) is 40.0.